The first-order chi connectivity index (χ1) is 12.5. The van der Waals surface area contributed by atoms with Gasteiger partial charge < -0.3 is 20.5 Å². The number of likely N-dealkylation sites (N-methyl/N-ethyl adjacent to an activating group) is 1. The Labute approximate surface area is 153 Å². The van der Waals surface area contributed by atoms with Crippen molar-refractivity contribution in [3.63, 3.8) is 0 Å². The highest BCUT2D eigenvalue weighted by Crippen LogP contribution is 2.13. The van der Waals surface area contributed by atoms with Gasteiger partial charge in [-0.25, -0.2) is 4.79 Å². The molecule has 6 nitrogen and oxygen atoms in total. The monoisotopic (exact) mass is 356 g/mol. The predicted molar refractivity (Wildman–Crippen MR) is 99.3 cm³/mol. The van der Waals surface area contributed by atoms with E-state index in [1.54, 1.807) is 38.4 Å². The maximum Gasteiger partial charge on any atom is 0.326 e. The summed E-state index contributed by atoms with van der Waals surface area (Å²) in [6.45, 7) is 0. The second-order valence-electron chi connectivity index (χ2n) is 5.98. The minimum absolute atomic E-state index is 0.201. The van der Waals surface area contributed by atoms with Crippen LogP contribution >= 0.6 is 0 Å². The molecule has 0 aliphatic heterocycles. The number of carbonyl (C=O) groups excluding carboxylic acids is 1. The molecule has 0 heterocycles. The van der Waals surface area contributed by atoms with Gasteiger partial charge in [-0.1, -0.05) is 42.5 Å². The normalized spacial score (nSPS) is 12.8. The standard InChI is InChI=1S/C20H24N2O4/c1-21-17(12-14-6-4-3-5-7-14)19(23)22-18(20(24)25)13-15-8-10-16(26-2)11-9-15/h3-11,17-18,21H,12-13H2,1-2H3,(H,22,23)(H,24,25)/t17-,18-/m0/s1. The first-order valence-electron chi connectivity index (χ1n) is 8.40. The molecule has 0 aromatic heterocycles. The molecule has 2 atom stereocenters. The molecule has 2 aromatic carbocycles. The molecule has 1 amide bonds. The topological polar surface area (TPSA) is 87.7 Å². The molecule has 0 saturated carbocycles. The number of amides is 1. The van der Waals surface area contributed by atoms with E-state index in [2.05, 4.69) is 10.6 Å². The molecule has 2 rings (SSSR count). The van der Waals surface area contributed by atoms with Crippen LogP contribution in [0.4, 0.5) is 0 Å². The molecule has 0 fully saturated rings. The largest absolute Gasteiger partial charge is 0.497 e. The number of ether oxygens (including phenoxy) is 1. The van der Waals surface area contributed by atoms with E-state index in [0.29, 0.717) is 12.2 Å². The van der Waals surface area contributed by atoms with Crippen LogP contribution < -0.4 is 15.4 Å². The smallest absolute Gasteiger partial charge is 0.326 e. The van der Waals surface area contributed by atoms with Gasteiger partial charge in [-0.2, -0.15) is 0 Å². The molecule has 0 radical (unpaired) electrons. The molecular formula is C20H24N2O4. The summed E-state index contributed by atoms with van der Waals surface area (Å²) < 4.78 is 5.09. The summed E-state index contributed by atoms with van der Waals surface area (Å²) in [5, 5.41) is 15.1. The Hall–Kier alpha value is -2.86. The third-order valence-corrected chi connectivity index (χ3v) is 4.16. The van der Waals surface area contributed by atoms with Crippen LogP contribution in [-0.2, 0) is 22.4 Å². The molecule has 2 aromatic rings. The maximum atomic E-state index is 12.5. The number of rotatable bonds is 9. The van der Waals surface area contributed by atoms with Crippen molar-refractivity contribution in [2.45, 2.75) is 24.9 Å². The maximum absolute atomic E-state index is 12.5. The molecule has 0 saturated heterocycles. The quantitative estimate of drug-likeness (QED) is 0.636. The van der Waals surface area contributed by atoms with Gasteiger partial charge in [0.2, 0.25) is 5.91 Å². The Bertz CT molecular complexity index is 716. The summed E-state index contributed by atoms with van der Waals surface area (Å²) in [7, 11) is 3.26. The number of nitrogens with one attached hydrogen (secondary N) is 2. The number of carboxylic acids is 1. The lowest BCUT2D eigenvalue weighted by atomic mass is 10.0. The van der Waals surface area contributed by atoms with E-state index in [4.69, 9.17) is 4.74 Å². The van der Waals surface area contributed by atoms with E-state index in [-0.39, 0.29) is 12.3 Å². The van der Waals surface area contributed by atoms with E-state index in [9.17, 15) is 14.7 Å². The van der Waals surface area contributed by atoms with Gasteiger partial charge in [-0.15, -0.1) is 0 Å². The fourth-order valence-electron chi connectivity index (χ4n) is 2.65. The van der Waals surface area contributed by atoms with E-state index in [1.807, 2.05) is 30.3 Å². The molecule has 0 unspecified atom stereocenters. The zero-order chi connectivity index (χ0) is 18.9. The van der Waals surface area contributed by atoms with Gasteiger partial charge in [0.05, 0.1) is 13.2 Å². The Morgan fingerprint density at radius 3 is 2.08 bits per heavy atom. The lowest BCUT2D eigenvalue weighted by molar-refractivity contribution is -0.142. The molecule has 26 heavy (non-hydrogen) atoms. The molecule has 0 aliphatic rings. The van der Waals surface area contributed by atoms with Gasteiger partial charge >= 0.3 is 5.97 Å². The van der Waals surface area contributed by atoms with E-state index < -0.39 is 18.1 Å². The summed E-state index contributed by atoms with van der Waals surface area (Å²) in [6, 6.07) is 15.2. The Morgan fingerprint density at radius 1 is 0.962 bits per heavy atom. The Balaban J connectivity index is 2.02. The van der Waals surface area contributed by atoms with Crippen molar-refractivity contribution >= 4 is 11.9 Å². The van der Waals surface area contributed by atoms with Crippen LogP contribution in [0.5, 0.6) is 5.75 Å². The van der Waals surface area contributed by atoms with Crippen LogP contribution in [-0.4, -0.2) is 43.2 Å². The van der Waals surface area contributed by atoms with Gasteiger partial charge in [-0.05, 0) is 36.7 Å². The minimum Gasteiger partial charge on any atom is -0.497 e. The van der Waals surface area contributed by atoms with E-state index in [1.165, 1.54) is 0 Å². The number of hydrogen-bond acceptors (Lipinski definition) is 4. The SMILES string of the molecule is CN[C@@H](Cc1ccccc1)C(=O)N[C@@H](Cc1ccc(OC)cc1)C(=O)O. The summed E-state index contributed by atoms with van der Waals surface area (Å²) in [5.74, 6) is -0.705. The van der Waals surface area contributed by atoms with Gasteiger partial charge in [-0.3, -0.25) is 4.79 Å². The second kappa shape index (κ2) is 9.58. The van der Waals surface area contributed by atoms with E-state index >= 15 is 0 Å². The lowest BCUT2D eigenvalue weighted by Crippen LogP contribution is -2.51. The van der Waals surface area contributed by atoms with Crippen LogP contribution in [0.15, 0.2) is 54.6 Å². The molecule has 0 spiro atoms. The third-order valence-electron chi connectivity index (χ3n) is 4.16. The van der Waals surface area contributed by atoms with Crippen molar-refractivity contribution in [1.29, 1.82) is 0 Å². The summed E-state index contributed by atoms with van der Waals surface area (Å²) in [4.78, 5) is 24.1. The zero-order valence-electron chi connectivity index (χ0n) is 14.9. The van der Waals surface area contributed by atoms with Crippen molar-refractivity contribution in [1.82, 2.24) is 10.6 Å². The Kier molecular flexibility index (Phi) is 7.17. The highest BCUT2D eigenvalue weighted by atomic mass is 16.5. The van der Waals surface area contributed by atoms with Crippen LogP contribution in [0.1, 0.15) is 11.1 Å². The number of methoxy groups -OCH3 is 1. The number of carbonyl (C=O) groups is 2. The van der Waals surface area contributed by atoms with Crippen molar-refractivity contribution in [2.75, 3.05) is 14.2 Å². The van der Waals surface area contributed by atoms with Gasteiger partial charge in [0.15, 0.2) is 0 Å². The molecule has 0 aliphatic carbocycles. The van der Waals surface area contributed by atoms with Gasteiger partial charge in [0.25, 0.3) is 0 Å². The minimum atomic E-state index is -1.07. The molecule has 3 N–H and O–H groups in total. The van der Waals surface area contributed by atoms with Crippen LogP contribution in [0, 0.1) is 0 Å². The fraction of sp³-hybridized carbons (Fsp3) is 0.300. The van der Waals surface area contributed by atoms with Crippen LogP contribution in [0.2, 0.25) is 0 Å². The van der Waals surface area contributed by atoms with Crippen molar-refractivity contribution in [2.24, 2.45) is 0 Å². The average Bonchev–Trinajstić information content (AvgIpc) is 2.66. The van der Waals surface area contributed by atoms with Gasteiger partial charge in [0.1, 0.15) is 11.8 Å². The lowest BCUT2D eigenvalue weighted by Gasteiger charge is -2.20. The molecule has 138 valence electrons. The highest BCUT2D eigenvalue weighted by molar-refractivity contribution is 5.87. The van der Waals surface area contributed by atoms with Crippen molar-refractivity contribution in [3.05, 3.63) is 65.7 Å². The van der Waals surface area contributed by atoms with Gasteiger partial charge in [0, 0.05) is 6.42 Å². The van der Waals surface area contributed by atoms with Crippen LogP contribution in [0.25, 0.3) is 0 Å². The Morgan fingerprint density at radius 2 is 1.54 bits per heavy atom. The van der Waals surface area contributed by atoms with Crippen molar-refractivity contribution in [3.8, 4) is 5.75 Å². The molecule has 6 heteroatoms. The fourth-order valence-corrected chi connectivity index (χ4v) is 2.65. The second-order valence-corrected chi connectivity index (χ2v) is 5.98. The first kappa shape index (κ1) is 19.5. The first-order valence-corrected chi connectivity index (χ1v) is 8.40. The summed E-state index contributed by atoms with van der Waals surface area (Å²) in [6.07, 6.45) is 0.685. The van der Waals surface area contributed by atoms with E-state index in [0.717, 1.165) is 11.1 Å². The predicted octanol–water partition coefficient (Wildman–Crippen LogP) is 1.64. The average molecular weight is 356 g/mol. The molecular weight excluding hydrogens is 332 g/mol. The third kappa shape index (κ3) is 5.60. The van der Waals surface area contributed by atoms with Crippen LogP contribution in [0.3, 0.4) is 0 Å². The molecule has 0 bridgehead atoms. The van der Waals surface area contributed by atoms with Crippen molar-refractivity contribution < 1.29 is 19.4 Å². The number of aliphatic carboxylic acids is 1. The zero-order valence-corrected chi connectivity index (χ0v) is 14.9. The highest BCUT2D eigenvalue weighted by Gasteiger charge is 2.25. The number of carboxylic acid groups (broad SMARTS) is 1. The summed E-state index contributed by atoms with van der Waals surface area (Å²) >= 11 is 0. The number of hydrogen-bond donors (Lipinski definition) is 3. The number of benzene rings is 2. The summed E-state index contributed by atoms with van der Waals surface area (Å²) in [5.41, 5.74) is 1.81.